The number of carbonyl (C=O) groups excluding carboxylic acids is 1. The molecule has 0 fully saturated rings. The lowest BCUT2D eigenvalue weighted by atomic mass is 9.81. The Kier molecular flexibility index (Phi) is 8.90. The summed E-state index contributed by atoms with van der Waals surface area (Å²) in [5.74, 6) is 1.59. The van der Waals surface area contributed by atoms with Crippen molar-refractivity contribution in [2.24, 2.45) is 5.92 Å². The van der Waals surface area contributed by atoms with E-state index in [1.807, 2.05) is 12.1 Å². The normalized spacial score (nSPS) is 18.3. The number of hydrogen-bond donors (Lipinski definition) is 1. The highest BCUT2D eigenvalue weighted by Gasteiger charge is 2.29. The van der Waals surface area contributed by atoms with E-state index in [0.717, 1.165) is 31.9 Å². The van der Waals surface area contributed by atoms with Gasteiger partial charge in [-0.1, -0.05) is 30.9 Å². The topological polar surface area (TPSA) is 72.5 Å². The predicted octanol–water partition coefficient (Wildman–Crippen LogP) is 6.19. The number of benzene rings is 2. The van der Waals surface area contributed by atoms with Crippen molar-refractivity contribution in [2.45, 2.75) is 64.6 Å². The maximum Gasteiger partial charge on any atom is 0.209 e. The second-order valence-corrected chi connectivity index (χ2v) is 11.6. The number of alkyl halides is 1. The maximum atomic E-state index is 15.4. The van der Waals surface area contributed by atoms with Gasteiger partial charge in [0.25, 0.3) is 0 Å². The van der Waals surface area contributed by atoms with Gasteiger partial charge in [-0.25, -0.2) is 17.5 Å². The highest BCUT2D eigenvalue weighted by molar-refractivity contribution is 7.88. The van der Waals surface area contributed by atoms with Crippen LogP contribution in [0.4, 0.5) is 4.39 Å². The highest BCUT2D eigenvalue weighted by atomic mass is 32.2. The van der Waals surface area contributed by atoms with E-state index in [4.69, 9.17) is 4.74 Å². The van der Waals surface area contributed by atoms with Gasteiger partial charge in [0.15, 0.2) is 11.5 Å². The monoisotopic (exact) mass is 513 g/mol. The number of carbonyl (C=O) groups is 1. The number of ether oxygens (including phenoxy) is 1. The van der Waals surface area contributed by atoms with Crippen molar-refractivity contribution in [3.8, 4) is 11.5 Å². The first-order valence-electron chi connectivity index (χ1n) is 12.3. The zero-order valence-corrected chi connectivity index (χ0v) is 22.3. The van der Waals surface area contributed by atoms with Crippen LogP contribution in [0.2, 0.25) is 0 Å². The second kappa shape index (κ2) is 11.5. The van der Waals surface area contributed by atoms with Crippen LogP contribution in [0.15, 0.2) is 66.8 Å². The van der Waals surface area contributed by atoms with Crippen molar-refractivity contribution in [1.82, 2.24) is 4.72 Å². The largest absolute Gasteiger partial charge is 0.457 e. The summed E-state index contributed by atoms with van der Waals surface area (Å²) < 4.78 is 46.5. The summed E-state index contributed by atoms with van der Waals surface area (Å²) in [6, 6.07) is 12.3. The number of aryl methyl sites for hydroxylation is 1. The Morgan fingerprint density at radius 3 is 2.50 bits per heavy atom. The summed E-state index contributed by atoms with van der Waals surface area (Å²) in [6.07, 6.45) is 8.09. The van der Waals surface area contributed by atoms with E-state index in [1.165, 1.54) is 17.2 Å². The van der Waals surface area contributed by atoms with Gasteiger partial charge in [0.2, 0.25) is 10.0 Å². The molecule has 1 aliphatic carbocycles. The number of fused-ring (bicyclic) bond motifs is 1. The van der Waals surface area contributed by atoms with Gasteiger partial charge in [-0.2, -0.15) is 0 Å². The molecule has 2 aromatic rings. The average molecular weight is 514 g/mol. The summed E-state index contributed by atoms with van der Waals surface area (Å²) in [5.41, 5.74) is 1.69. The minimum Gasteiger partial charge on any atom is -0.457 e. The number of halogens is 1. The standard InChI is InChI=1S/C29H36FNO4S/c1-6-17-29(30,20(2)3)25-11-14-26(15-12-25)35-27-13-10-23-9-7-22(18-24(23)19-27)8-16-28(32)21(4)31-36(5,33)34/h6,10-15,17,19,21-22,31H,2,7-9,16,18H2,1,3-5H3/b17-6+. The first-order valence-corrected chi connectivity index (χ1v) is 14.2. The molecular weight excluding hydrogens is 477 g/mol. The third-order valence-electron chi connectivity index (χ3n) is 6.71. The SMILES string of the molecule is C=C(C)C(F)(/C=C/C)c1ccc(Oc2ccc3c(c2)CC(CCC(=O)C(C)NS(C)(=O)=O)CC3)cc1. The summed E-state index contributed by atoms with van der Waals surface area (Å²) in [5, 5.41) is 0. The molecule has 0 radical (unpaired) electrons. The van der Waals surface area contributed by atoms with Crippen molar-refractivity contribution in [3.05, 3.63) is 83.5 Å². The number of ketones is 1. The van der Waals surface area contributed by atoms with Gasteiger partial charge in [-0.3, -0.25) is 4.79 Å². The number of sulfonamides is 1. The molecule has 3 rings (SSSR count). The Bertz CT molecular complexity index is 1240. The Morgan fingerprint density at radius 2 is 1.89 bits per heavy atom. The highest BCUT2D eigenvalue weighted by Crippen LogP contribution is 2.37. The molecule has 1 aliphatic rings. The van der Waals surface area contributed by atoms with Gasteiger partial charge in [-0.05, 0) is 105 Å². The summed E-state index contributed by atoms with van der Waals surface area (Å²) in [7, 11) is -3.41. The van der Waals surface area contributed by atoms with Crippen molar-refractivity contribution in [3.63, 3.8) is 0 Å². The first kappa shape index (κ1) is 27.8. The van der Waals surface area contributed by atoms with E-state index in [-0.39, 0.29) is 5.78 Å². The maximum absolute atomic E-state index is 15.4. The molecule has 36 heavy (non-hydrogen) atoms. The van der Waals surface area contributed by atoms with Crippen LogP contribution in [0.5, 0.6) is 11.5 Å². The second-order valence-electron chi connectivity index (χ2n) is 9.77. The number of allylic oxidation sites excluding steroid dienone is 3. The lowest BCUT2D eigenvalue weighted by molar-refractivity contribution is -0.120. The minimum absolute atomic E-state index is 0.0925. The van der Waals surface area contributed by atoms with Crippen LogP contribution in [0.3, 0.4) is 0 Å². The van der Waals surface area contributed by atoms with E-state index < -0.39 is 21.7 Å². The molecule has 0 saturated heterocycles. The Morgan fingerprint density at radius 1 is 1.22 bits per heavy atom. The van der Waals surface area contributed by atoms with Crippen molar-refractivity contribution in [1.29, 1.82) is 0 Å². The van der Waals surface area contributed by atoms with Crippen LogP contribution in [0.25, 0.3) is 0 Å². The summed E-state index contributed by atoms with van der Waals surface area (Å²) in [4.78, 5) is 12.3. The fourth-order valence-corrected chi connectivity index (χ4v) is 5.46. The van der Waals surface area contributed by atoms with Crippen LogP contribution in [0, 0.1) is 5.92 Å². The molecule has 0 heterocycles. The molecule has 2 aromatic carbocycles. The molecule has 7 heteroatoms. The Balaban J connectivity index is 1.63. The lowest BCUT2D eigenvalue weighted by Crippen LogP contribution is -2.37. The van der Waals surface area contributed by atoms with Crippen molar-refractivity contribution in [2.75, 3.05) is 6.26 Å². The molecule has 0 amide bonds. The number of hydrogen-bond acceptors (Lipinski definition) is 4. The molecular formula is C29H36FNO4S. The van der Waals surface area contributed by atoms with Gasteiger partial charge in [0.05, 0.1) is 12.3 Å². The van der Waals surface area contributed by atoms with E-state index >= 15 is 4.39 Å². The smallest absolute Gasteiger partial charge is 0.209 e. The minimum atomic E-state index is -3.41. The molecule has 3 atom stereocenters. The van der Waals surface area contributed by atoms with Crippen LogP contribution < -0.4 is 9.46 Å². The molecule has 0 spiro atoms. The van der Waals surface area contributed by atoms with E-state index in [0.29, 0.717) is 35.0 Å². The fourth-order valence-electron chi connectivity index (χ4n) is 4.68. The Labute approximate surface area is 214 Å². The summed E-state index contributed by atoms with van der Waals surface area (Å²) >= 11 is 0. The van der Waals surface area contributed by atoms with Gasteiger partial charge in [0.1, 0.15) is 11.5 Å². The molecule has 3 unspecified atom stereocenters. The van der Waals surface area contributed by atoms with Gasteiger partial charge >= 0.3 is 0 Å². The third-order valence-corrected chi connectivity index (χ3v) is 7.49. The van der Waals surface area contributed by atoms with Crippen molar-refractivity contribution < 1.29 is 22.3 Å². The van der Waals surface area contributed by atoms with Crippen LogP contribution in [-0.4, -0.2) is 26.5 Å². The predicted molar refractivity (Wildman–Crippen MR) is 143 cm³/mol. The van der Waals surface area contributed by atoms with Gasteiger partial charge < -0.3 is 4.74 Å². The number of nitrogens with one attached hydrogen (secondary N) is 1. The number of Topliss-reactive ketones (excluding diaryl/α,β-unsaturated/α-hetero) is 1. The molecule has 0 aromatic heterocycles. The molecule has 0 bridgehead atoms. The van der Waals surface area contributed by atoms with Crippen LogP contribution >= 0.6 is 0 Å². The van der Waals surface area contributed by atoms with Crippen LogP contribution in [-0.2, 0) is 33.3 Å². The molecule has 194 valence electrons. The zero-order valence-electron chi connectivity index (χ0n) is 21.5. The average Bonchev–Trinajstić information content (AvgIpc) is 2.81. The molecule has 5 nitrogen and oxygen atoms in total. The summed E-state index contributed by atoms with van der Waals surface area (Å²) in [6.45, 7) is 8.84. The Hall–Kier alpha value is -2.77. The lowest BCUT2D eigenvalue weighted by Gasteiger charge is -2.25. The van der Waals surface area contributed by atoms with E-state index in [1.54, 1.807) is 51.1 Å². The quantitative estimate of drug-likeness (QED) is 0.364. The van der Waals surface area contributed by atoms with E-state index in [2.05, 4.69) is 17.4 Å². The zero-order chi connectivity index (χ0) is 26.5. The van der Waals surface area contributed by atoms with E-state index in [9.17, 15) is 13.2 Å². The van der Waals surface area contributed by atoms with Gasteiger partial charge in [0, 0.05) is 6.42 Å². The fraction of sp³-hybridized carbons (Fsp3) is 0.414. The third kappa shape index (κ3) is 7.14. The first-order chi connectivity index (χ1) is 16.9. The number of rotatable bonds is 11. The molecule has 1 N–H and O–H groups in total. The van der Waals surface area contributed by atoms with Crippen molar-refractivity contribution >= 4 is 15.8 Å². The van der Waals surface area contributed by atoms with Gasteiger partial charge in [-0.15, -0.1) is 0 Å². The molecule has 0 saturated carbocycles. The van der Waals surface area contributed by atoms with Crippen LogP contribution in [0.1, 0.15) is 56.7 Å². The molecule has 0 aliphatic heterocycles.